The number of methoxy groups -OCH3 is 1. The van der Waals surface area contributed by atoms with Gasteiger partial charge in [-0.2, -0.15) is 0 Å². The Morgan fingerprint density at radius 3 is 2.92 bits per heavy atom. The van der Waals surface area contributed by atoms with Gasteiger partial charge in [-0.15, -0.1) is 11.3 Å². The molecule has 0 saturated carbocycles. The average Bonchev–Trinajstić information content (AvgIpc) is 2.52. The Morgan fingerprint density at radius 2 is 2.17 bits per heavy atom. The van der Waals surface area contributed by atoms with Crippen LogP contribution in [0.3, 0.4) is 0 Å². The van der Waals surface area contributed by atoms with Gasteiger partial charge in [-0.25, -0.2) is 0 Å². The summed E-state index contributed by atoms with van der Waals surface area (Å²) in [4.78, 5) is 0. The molecule has 1 aromatic heterocycles. The van der Waals surface area contributed by atoms with Crippen molar-refractivity contribution in [2.24, 2.45) is 0 Å². The van der Waals surface area contributed by atoms with Crippen LogP contribution in [0.2, 0.25) is 5.02 Å². The minimum absolute atomic E-state index is 0.674. The van der Waals surface area contributed by atoms with E-state index >= 15 is 0 Å². The number of halogens is 1. The van der Waals surface area contributed by atoms with E-state index in [1.807, 2.05) is 17.5 Å². The first-order chi connectivity index (χ1) is 5.83. The fourth-order valence-corrected chi connectivity index (χ4v) is 2.39. The van der Waals surface area contributed by atoms with Crippen molar-refractivity contribution in [3.8, 4) is 5.75 Å². The SMILES string of the molecule is COc1c(Cl)ccc2ccsc12. The number of hydrogen-bond donors (Lipinski definition) is 0. The van der Waals surface area contributed by atoms with Gasteiger partial charge in [-0.1, -0.05) is 17.7 Å². The minimum Gasteiger partial charge on any atom is -0.494 e. The van der Waals surface area contributed by atoms with E-state index in [0.717, 1.165) is 10.4 Å². The standard InChI is InChI=1S/C9H7ClOS/c1-11-8-7(10)3-2-6-4-5-12-9(6)8/h2-5H,1H3. The molecule has 0 unspecified atom stereocenters. The molecule has 0 aliphatic carbocycles. The summed E-state index contributed by atoms with van der Waals surface area (Å²) in [6.07, 6.45) is 0. The number of ether oxygens (including phenoxy) is 1. The Kier molecular flexibility index (Phi) is 1.95. The molecule has 0 amide bonds. The fraction of sp³-hybridized carbons (Fsp3) is 0.111. The molecule has 1 aromatic carbocycles. The molecular weight excluding hydrogens is 192 g/mol. The van der Waals surface area contributed by atoms with Gasteiger partial charge in [-0.3, -0.25) is 0 Å². The molecule has 12 heavy (non-hydrogen) atoms. The predicted octanol–water partition coefficient (Wildman–Crippen LogP) is 3.56. The maximum atomic E-state index is 5.94. The molecule has 0 N–H and O–H groups in total. The molecule has 0 aliphatic rings. The third-order valence-electron chi connectivity index (χ3n) is 1.73. The minimum atomic E-state index is 0.674. The van der Waals surface area contributed by atoms with Gasteiger partial charge < -0.3 is 4.74 Å². The van der Waals surface area contributed by atoms with E-state index < -0.39 is 0 Å². The summed E-state index contributed by atoms with van der Waals surface area (Å²) in [6.45, 7) is 0. The quantitative estimate of drug-likeness (QED) is 0.681. The van der Waals surface area contributed by atoms with Crippen molar-refractivity contribution in [3.63, 3.8) is 0 Å². The Balaban J connectivity index is 2.83. The summed E-state index contributed by atoms with van der Waals surface area (Å²) >= 11 is 7.59. The molecule has 0 saturated heterocycles. The summed E-state index contributed by atoms with van der Waals surface area (Å²) in [7, 11) is 1.64. The smallest absolute Gasteiger partial charge is 0.155 e. The van der Waals surface area contributed by atoms with E-state index in [2.05, 4.69) is 6.07 Å². The van der Waals surface area contributed by atoms with Gasteiger partial charge in [0.2, 0.25) is 0 Å². The van der Waals surface area contributed by atoms with Crippen LogP contribution in [-0.4, -0.2) is 7.11 Å². The summed E-state index contributed by atoms with van der Waals surface area (Å²) in [5.74, 6) is 0.782. The van der Waals surface area contributed by atoms with Crippen molar-refractivity contribution in [2.45, 2.75) is 0 Å². The number of thiophene rings is 1. The zero-order chi connectivity index (χ0) is 8.55. The van der Waals surface area contributed by atoms with Gasteiger partial charge in [0.25, 0.3) is 0 Å². The van der Waals surface area contributed by atoms with E-state index in [1.165, 1.54) is 5.39 Å². The summed E-state index contributed by atoms with van der Waals surface area (Å²) in [6, 6.07) is 5.91. The lowest BCUT2D eigenvalue weighted by Crippen LogP contribution is -1.83. The monoisotopic (exact) mass is 198 g/mol. The largest absolute Gasteiger partial charge is 0.494 e. The number of benzene rings is 1. The highest BCUT2D eigenvalue weighted by molar-refractivity contribution is 7.17. The van der Waals surface area contributed by atoms with Crippen LogP contribution in [0.5, 0.6) is 5.75 Å². The van der Waals surface area contributed by atoms with Crippen molar-refractivity contribution in [2.75, 3.05) is 7.11 Å². The van der Waals surface area contributed by atoms with E-state index in [4.69, 9.17) is 16.3 Å². The summed E-state index contributed by atoms with van der Waals surface area (Å²) < 4.78 is 6.31. The van der Waals surface area contributed by atoms with E-state index in [1.54, 1.807) is 18.4 Å². The molecule has 0 aliphatic heterocycles. The summed E-state index contributed by atoms with van der Waals surface area (Å²) in [5.41, 5.74) is 0. The van der Waals surface area contributed by atoms with Crippen LogP contribution >= 0.6 is 22.9 Å². The van der Waals surface area contributed by atoms with Gasteiger partial charge >= 0.3 is 0 Å². The van der Waals surface area contributed by atoms with Gasteiger partial charge in [-0.05, 0) is 22.9 Å². The van der Waals surface area contributed by atoms with E-state index in [9.17, 15) is 0 Å². The Labute approximate surface area is 79.5 Å². The second-order valence-corrected chi connectivity index (χ2v) is 3.74. The van der Waals surface area contributed by atoms with Crippen molar-refractivity contribution in [1.82, 2.24) is 0 Å². The van der Waals surface area contributed by atoms with Crippen LogP contribution in [0.4, 0.5) is 0 Å². The molecule has 3 heteroatoms. The molecule has 0 atom stereocenters. The van der Waals surface area contributed by atoms with Crippen LogP contribution in [0.1, 0.15) is 0 Å². The highest BCUT2D eigenvalue weighted by Crippen LogP contribution is 2.36. The zero-order valence-electron chi connectivity index (χ0n) is 6.50. The highest BCUT2D eigenvalue weighted by atomic mass is 35.5. The molecule has 1 heterocycles. The maximum Gasteiger partial charge on any atom is 0.155 e. The first-order valence-electron chi connectivity index (χ1n) is 3.52. The third-order valence-corrected chi connectivity index (χ3v) is 2.96. The van der Waals surface area contributed by atoms with E-state index in [0.29, 0.717) is 5.02 Å². The first-order valence-corrected chi connectivity index (χ1v) is 4.78. The molecule has 2 aromatic rings. The van der Waals surface area contributed by atoms with Gasteiger partial charge in [0, 0.05) is 0 Å². The van der Waals surface area contributed by atoms with Crippen molar-refractivity contribution < 1.29 is 4.74 Å². The molecule has 62 valence electrons. The first kappa shape index (κ1) is 7.90. The van der Waals surface area contributed by atoms with E-state index in [-0.39, 0.29) is 0 Å². The second-order valence-electron chi connectivity index (χ2n) is 2.42. The van der Waals surface area contributed by atoms with Crippen LogP contribution in [0.15, 0.2) is 23.6 Å². The van der Waals surface area contributed by atoms with Crippen molar-refractivity contribution in [1.29, 1.82) is 0 Å². The third kappa shape index (κ3) is 1.08. The van der Waals surface area contributed by atoms with Crippen LogP contribution in [0, 0.1) is 0 Å². The van der Waals surface area contributed by atoms with Gasteiger partial charge in [0.15, 0.2) is 5.75 Å². The lowest BCUT2D eigenvalue weighted by atomic mass is 10.2. The zero-order valence-corrected chi connectivity index (χ0v) is 8.08. The van der Waals surface area contributed by atoms with Crippen LogP contribution in [-0.2, 0) is 0 Å². The maximum absolute atomic E-state index is 5.94. The molecule has 0 fully saturated rings. The predicted molar refractivity (Wildman–Crippen MR) is 53.4 cm³/mol. The lowest BCUT2D eigenvalue weighted by molar-refractivity contribution is 0.420. The normalized spacial score (nSPS) is 10.5. The summed E-state index contributed by atoms with van der Waals surface area (Å²) in [5, 5.41) is 3.89. The molecule has 0 radical (unpaired) electrons. The number of hydrogen-bond acceptors (Lipinski definition) is 2. The Bertz CT molecular complexity index is 408. The van der Waals surface area contributed by atoms with Crippen molar-refractivity contribution in [3.05, 3.63) is 28.6 Å². The van der Waals surface area contributed by atoms with Crippen LogP contribution in [0.25, 0.3) is 10.1 Å². The highest BCUT2D eigenvalue weighted by Gasteiger charge is 2.06. The number of rotatable bonds is 1. The molecule has 0 bridgehead atoms. The van der Waals surface area contributed by atoms with Gasteiger partial charge in [0.05, 0.1) is 16.8 Å². The number of fused-ring (bicyclic) bond motifs is 1. The lowest BCUT2D eigenvalue weighted by Gasteiger charge is -2.02. The topological polar surface area (TPSA) is 9.23 Å². The Hall–Kier alpha value is -0.730. The fourth-order valence-electron chi connectivity index (χ4n) is 1.17. The average molecular weight is 199 g/mol. The Morgan fingerprint density at radius 1 is 1.33 bits per heavy atom. The molecule has 1 nitrogen and oxygen atoms in total. The molecule has 2 rings (SSSR count). The molecular formula is C9H7ClOS. The van der Waals surface area contributed by atoms with Crippen molar-refractivity contribution >= 4 is 33.0 Å². The van der Waals surface area contributed by atoms with Crippen LogP contribution < -0.4 is 4.74 Å². The van der Waals surface area contributed by atoms with Gasteiger partial charge in [0.1, 0.15) is 0 Å². The molecule has 0 spiro atoms. The second kappa shape index (κ2) is 2.96.